The van der Waals surface area contributed by atoms with Gasteiger partial charge in [0, 0.05) is 13.0 Å². The normalized spacial score (nSPS) is 12.5. The highest BCUT2D eigenvalue weighted by atomic mass is 32.2. The molecule has 1 amide bonds. The average Bonchev–Trinajstić information content (AvgIpc) is 2.56. The van der Waals surface area contributed by atoms with Gasteiger partial charge in [0.25, 0.3) is 0 Å². The van der Waals surface area contributed by atoms with Crippen LogP contribution >= 0.6 is 0 Å². The Morgan fingerprint density at radius 2 is 1.62 bits per heavy atom. The Morgan fingerprint density at radius 3 is 2.17 bits per heavy atom. The van der Waals surface area contributed by atoms with Gasteiger partial charge < -0.3 is 5.32 Å². The second-order valence-electron chi connectivity index (χ2n) is 7.93. The van der Waals surface area contributed by atoms with Crippen molar-refractivity contribution in [3.05, 3.63) is 64.2 Å². The molecule has 29 heavy (non-hydrogen) atoms. The summed E-state index contributed by atoms with van der Waals surface area (Å²) in [6.07, 6.45) is 1.92. The zero-order valence-electron chi connectivity index (χ0n) is 18.2. The van der Waals surface area contributed by atoms with Gasteiger partial charge in [-0.2, -0.15) is 0 Å². The van der Waals surface area contributed by atoms with Crippen molar-refractivity contribution in [1.82, 2.24) is 5.32 Å². The lowest BCUT2D eigenvalue weighted by atomic mass is 10.00. The summed E-state index contributed by atoms with van der Waals surface area (Å²) >= 11 is 0. The highest BCUT2D eigenvalue weighted by molar-refractivity contribution is 7.92. The van der Waals surface area contributed by atoms with Crippen LogP contribution in [0.15, 0.2) is 36.4 Å². The molecule has 1 N–H and O–H groups in total. The molecule has 2 aromatic carbocycles. The largest absolute Gasteiger partial charge is 0.350 e. The molecule has 0 radical (unpaired) electrons. The summed E-state index contributed by atoms with van der Waals surface area (Å²) in [4.78, 5) is 12.4. The monoisotopic (exact) mass is 416 g/mol. The molecule has 0 saturated carbocycles. The molecule has 2 aromatic rings. The zero-order chi connectivity index (χ0) is 21.8. The first kappa shape index (κ1) is 22.9. The van der Waals surface area contributed by atoms with Crippen LogP contribution < -0.4 is 9.62 Å². The predicted molar refractivity (Wildman–Crippen MR) is 120 cm³/mol. The molecule has 158 valence electrons. The fraction of sp³-hybridized carbons (Fsp3) is 0.435. The van der Waals surface area contributed by atoms with Crippen LogP contribution in [-0.4, -0.2) is 27.1 Å². The first-order valence-electron chi connectivity index (χ1n) is 9.90. The van der Waals surface area contributed by atoms with Crippen molar-refractivity contribution in [1.29, 1.82) is 0 Å². The van der Waals surface area contributed by atoms with Crippen molar-refractivity contribution in [2.45, 2.75) is 53.5 Å². The number of sulfonamides is 1. The molecule has 0 aliphatic rings. The molecule has 0 heterocycles. The topological polar surface area (TPSA) is 66.5 Å². The highest BCUT2D eigenvalue weighted by Gasteiger charge is 2.19. The first-order valence-corrected chi connectivity index (χ1v) is 11.7. The van der Waals surface area contributed by atoms with E-state index >= 15 is 0 Å². The summed E-state index contributed by atoms with van der Waals surface area (Å²) in [6.45, 7) is 10.2. The van der Waals surface area contributed by atoms with E-state index < -0.39 is 10.0 Å². The van der Waals surface area contributed by atoms with Crippen molar-refractivity contribution in [2.24, 2.45) is 0 Å². The summed E-state index contributed by atoms with van der Waals surface area (Å²) in [5.74, 6) is -0.0775. The van der Waals surface area contributed by atoms with E-state index in [0.29, 0.717) is 12.1 Å². The number of anilines is 1. The van der Waals surface area contributed by atoms with Crippen molar-refractivity contribution in [2.75, 3.05) is 17.1 Å². The first-order chi connectivity index (χ1) is 13.5. The lowest BCUT2D eigenvalue weighted by molar-refractivity contribution is -0.121. The van der Waals surface area contributed by atoms with Crippen LogP contribution in [0.25, 0.3) is 0 Å². The van der Waals surface area contributed by atoms with Gasteiger partial charge in [0.05, 0.1) is 18.0 Å². The van der Waals surface area contributed by atoms with Crippen LogP contribution in [0.3, 0.4) is 0 Å². The second-order valence-corrected chi connectivity index (χ2v) is 9.84. The molecular formula is C23H32N2O3S. The van der Waals surface area contributed by atoms with Crippen LogP contribution in [0.2, 0.25) is 0 Å². The minimum Gasteiger partial charge on any atom is -0.350 e. The van der Waals surface area contributed by atoms with Crippen molar-refractivity contribution in [3.8, 4) is 0 Å². The van der Waals surface area contributed by atoms with Gasteiger partial charge in [-0.3, -0.25) is 9.10 Å². The molecule has 1 atom stereocenters. The second kappa shape index (κ2) is 9.44. The zero-order valence-corrected chi connectivity index (χ0v) is 19.1. The van der Waals surface area contributed by atoms with E-state index in [9.17, 15) is 13.2 Å². The van der Waals surface area contributed by atoms with Gasteiger partial charge in [0.2, 0.25) is 15.9 Å². The molecule has 0 bridgehead atoms. The Labute approximate surface area is 175 Å². The molecule has 0 aliphatic heterocycles. The van der Waals surface area contributed by atoms with E-state index in [4.69, 9.17) is 0 Å². The minimum atomic E-state index is -3.42. The molecule has 5 nitrogen and oxygen atoms in total. The molecule has 0 unspecified atom stereocenters. The van der Waals surface area contributed by atoms with Gasteiger partial charge in [0.1, 0.15) is 0 Å². The molecule has 0 aliphatic carbocycles. The maximum atomic E-state index is 12.4. The fourth-order valence-corrected chi connectivity index (χ4v) is 4.62. The van der Waals surface area contributed by atoms with Crippen LogP contribution in [0.5, 0.6) is 0 Å². The van der Waals surface area contributed by atoms with Crippen molar-refractivity contribution in [3.63, 3.8) is 0 Å². The average molecular weight is 417 g/mol. The Morgan fingerprint density at radius 1 is 1.00 bits per heavy atom. The maximum Gasteiger partial charge on any atom is 0.232 e. The highest BCUT2D eigenvalue weighted by Crippen LogP contribution is 2.22. The standard InChI is InChI=1S/C23H32N2O3S/c1-16-9-10-22(19(4)13-16)20(5)24-23(26)8-7-11-25(29(6,27)28)21-14-17(2)12-18(3)15-21/h9-10,12-15,20H,7-8,11H2,1-6H3,(H,24,26)/t20-/m1/s1. The number of hydrogen-bond acceptors (Lipinski definition) is 3. The Kier molecular flexibility index (Phi) is 7.47. The Balaban J connectivity index is 1.99. The van der Waals surface area contributed by atoms with Crippen molar-refractivity contribution < 1.29 is 13.2 Å². The van der Waals surface area contributed by atoms with E-state index in [2.05, 4.69) is 11.4 Å². The summed E-state index contributed by atoms with van der Waals surface area (Å²) in [5.41, 5.74) is 6.10. The molecule has 2 rings (SSSR count). The molecule has 6 heteroatoms. The third kappa shape index (κ3) is 6.60. The van der Waals surface area contributed by atoms with Gasteiger partial charge in [-0.05, 0) is 75.4 Å². The number of nitrogens with zero attached hydrogens (tertiary/aromatic N) is 1. The molecule has 0 spiro atoms. The van der Waals surface area contributed by atoms with Gasteiger partial charge in [-0.15, -0.1) is 0 Å². The van der Waals surface area contributed by atoms with Crippen LogP contribution in [0, 0.1) is 27.7 Å². The van der Waals surface area contributed by atoms with E-state index in [1.807, 2.05) is 65.0 Å². The molecular weight excluding hydrogens is 384 g/mol. The third-order valence-corrected chi connectivity index (χ3v) is 6.12. The summed E-state index contributed by atoms with van der Waals surface area (Å²) in [7, 11) is -3.42. The summed E-state index contributed by atoms with van der Waals surface area (Å²) < 4.78 is 25.9. The maximum absolute atomic E-state index is 12.4. The summed E-state index contributed by atoms with van der Waals surface area (Å²) in [5, 5.41) is 3.02. The van der Waals surface area contributed by atoms with Crippen LogP contribution in [-0.2, 0) is 14.8 Å². The smallest absolute Gasteiger partial charge is 0.232 e. The quantitative estimate of drug-likeness (QED) is 0.696. The summed E-state index contributed by atoms with van der Waals surface area (Å²) in [6, 6.07) is 11.8. The number of aryl methyl sites for hydroxylation is 4. The molecule has 0 saturated heterocycles. The van der Waals surface area contributed by atoms with Gasteiger partial charge in [-0.25, -0.2) is 8.42 Å². The fourth-order valence-electron chi connectivity index (χ4n) is 3.67. The SMILES string of the molecule is Cc1cc(C)cc(N(CCCC(=O)N[C@H](C)c2ccc(C)cc2C)S(C)(=O)=O)c1. The minimum absolute atomic E-state index is 0.0775. The van der Waals surface area contributed by atoms with Gasteiger partial charge in [0.15, 0.2) is 0 Å². The number of amides is 1. The number of rotatable bonds is 8. The third-order valence-electron chi connectivity index (χ3n) is 4.93. The van der Waals surface area contributed by atoms with E-state index in [-0.39, 0.29) is 24.9 Å². The van der Waals surface area contributed by atoms with E-state index in [1.165, 1.54) is 16.1 Å². The number of nitrogens with one attached hydrogen (secondary N) is 1. The van der Waals surface area contributed by atoms with E-state index in [1.54, 1.807) is 0 Å². The Bertz CT molecular complexity index is 963. The predicted octanol–water partition coefficient (Wildman–Crippen LogP) is 4.34. The lowest BCUT2D eigenvalue weighted by Gasteiger charge is -2.23. The number of hydrogen-bond donors (Lipinski definition) is 1. The van der Waals surface area contributed by atoms with Gasteiger partial charge in [-0.1, -0.05) is 29.8 Å². The number of benzene rings is 2. The lowest BCUT2D eigenvalue weighted by Crippen LogP contribution is -2.32. The van der Waals surface area contributed by atoms with Crippen molar-refractivity contribution >= 4 is 21.6 Å². The number of carbonyl (C=O) groups excluding carboxylic acids is 1. The molecule has 0 fully saturated rings. The Hall–Kier alpha value is -2.34. The molecule has 0 aromatic heterocycles. The van der Waals surface area contributed by atoms with Crippen LogP contribution in [0.4, 0.5) is 5.69 Å². The van der Waals surface area contributed by atoms with E-state index in [0.717, 1.165) is 22.3 Å². The number of carbonyl (C=O) groups is 1. The van der Waals surface area contributed by atoms with Crippen LogP contribution in [0.1, 0.15) is 53.6 Å². The van der Waals surface area contributed by atoms with Gasteiger partial charge >= 0.3 is 0 Å².